The number of carboxylic acids is 1. The van der Waals surface area contributed by atoms with Crippen molar-refractivity contribution in [1.82, 2.24) is 106 Å². The van der Waals surface area contributed by atoms with Crippen molar-refractivity contribution in [1.29, 1.82) is 0 Å². The minimum atomic E-state index is -1.75. The molecule has 0 aromatic heterocycles. The molecule has 50 heteroatoms. The second-order valence-electron chi connectivity index (χ2n) is 36.9. The van der Waals surface area contributed by atoms with E-state index in [9.17, 15) is 109 Å². The highest BCUT2D eigenvalue weighted by Crippen LogP contribution is 2.36. The van der Waals surface area contributed by atoms with Crippen LogP contribution in [0.2, 0.25) is 0 Å². The number of alkyl halides is 7. The first-order chi connectivity index (χ1) is 63.9. The molecule has 0 aromatic carbocycles. The van der Waals surface area contributed by atoms with Crippen molar-refractivity contribution in [3.05, 3.63) is 0 Å². The Morgan fingerprint density at radius 2 is 0.396 bits per heavy atom. The van der Waals surface area contributed by atoms with E-state index in [0.29, 0.717) is 19.3 Å². The molecule has 0 spiro atoms. The van der Waals surface area contributed by atoms with Crippen molar-refractivity contribution in [2.75, 3.05) is 137 Å². The summed E-state index contributed by atoms with van der Waals surface area (Å²) in [5, 5.41) is 28.8. The Bertz CT molecular complexity index is 4570. The lowest BCUT2D eigenvalue weighted by Gasteiger charge is -2.32. The number of carbonyl (C=O) groups is 21. The van der Waals surface area contributed by atoms with Crippen LogP contribution in [0.15, 0.2) is 0 Å². The van der Waals surface area contributed by atoms with Gasteiger partial charge >= 0.3 is 5.97 Å². The summed E-state index contributed by atoms with van der Waals surface area (Å²) in [6.45, 7) is -8.54. The zero-order chi connectivity index (χ0) is 96.1. The first-order valence-corrected chi connectivity index (χ1v) is 46.2. The van der Waals surface area contributed by atoms with Crippen LogP contribution in [-0.4, -0.2) is 458 Å². The van der Waals surface area contributed by atoms with E-state index < -0.39 is 376 Å². The van der Waals surface area contributed by atoms with E-state index in [-0.39, 0.29) is 129 Å². The number of nitrogens with zero attached hydrogens (tertiary/aromatic N) is 13. The van der Waals surface area contributed by atoms with Crippen LogP contribution in [0.4, 0.5) is 30.7 Å². The Kier molecular flexibility index (Phi) is 31.2. The Morgan fingerprint density at radius 3 is 0.560 bits per heavy atom. The van der Waals surface area contributed by atoms with Gasteiger partial charge in [-0.2, -0.15) is 0 Å². The third kappa shape index (κ3) is 21.5. The topological polar surface area (TPSA) is 517 Å². The van der Waals surface area contributed by atoms with Crippen molar-refractivity contribution in [3.8, 4) is 0 Å². The maximum absolute atomic E-state index is 15.5. The van der Waals surface area contributed by atoms with Gasteiger partial charge in [0, 0.05) is 97.3 Å². The van der Waals surface area contributed by atoms with Gasteiger partial charge in [0.1, 0.15) is 128 Å². The molecule has 14 fully saturated rings. The zero-order valence-electron chi connectivity index (χ0n) is 73.8. The molecule has 0 aliphatic carbocycles. The van der Waals surface area contributed by atoms with Crippen LogP contribution in [0.25, 0.3) is 0 Å². The molecule has 43 nitrogen and oxygen atoms in total. The van der Waals surface area contributed by atoms with Gasteiger partial charge in [0.05, 0.1) is 84.6 Å². The van der Waals surface area contributed by atoms with Crippen molar-refractivity contribution in [2.24, 2.45) is 0 Å². The molecule has 14 saturated heterocycles. The van der Waals surface area contributed by atoms with Gasteiger partial charge in [-0.3, -0.25) is 101 Å². The number of carbonyl (C=O) groups excluding carboxylic acids is 20. The molecule has 0 saturated carbocycles. The Labute approximate surface area is 764 Å². The summed E-state index contributed by atoms with van der Waals surface area (Å²) in [5.41, 5.74) is 0. The van der Waals surface area contributed by atoms with Crippen molar-refractivity contribution in [3.63, 3.8) is 0 Å². The molecule has 14 rings (SSSR count). The van der Waals surface area contributed by atoms with Crippen LogP contribution in [-0.2, 0) is 101 Å². The first kappa shape index (κ1) is 98.3. The van der Waals surface area contributed by atoms with Crippen molar-refractivity contribution in [2.45, 2.75) is 263 Å². The van der Waals surface area contributed by atoms with Crippen LogP contribution in [0.5, 0.6) is 0 Å². The average Bonchev–Trinajstić information content (AvgIpc) is 1.67. The van der Waals surface area contributed by atoms with Gasteiger partial charge in [0.15, 0.2) is 0 Å². The number of aliphatic carboxylic acids is 1. The lowest BCUT2D eigenvalue weighted by Crippen LogP contribution is -2.57. The highest BCUT2D eigenvalue weighted by Gasteiger charge is 2.55. The van der Waals surface area contributed by atoms with Gasteiger partial charge in [-0.15, -0.1) is 0 Å². The van der Waals surface area contributed by atoms with Crippen LogP contribution < -0.4 is 42.5 Å². The third-order valence-electron chi connectivity index (χ3n) is 28.3. The number of hydrogen-bond acceptors (Lipinski definition) is 22. The third-order valence-corrected chi connectivity index (χ3v) is 28.3. The normalized spacial score (nSPS) is 31.2. The minimum Gasteiger partial charge on any atom is -0.480 e. The molecule has 21 atom stereocenters. The van der Waals surface area contributed by atoms with Gasteiger partial charge in [0.2, 0.25) is 118 Å². The molecule has 0 unspecified atom stereocenters. The van der Waals surface area contributed by atoms with E-state index in [0.717, 1.165) is 58.8 Å². The van der Waals surface area contributed by atoms with Gasteiger partial charge in [-0.1, -0.05) is 0 Å². The number of amides is 20. The van der Waals surface area contributed by atoms with E-state index >= 15 is 22.0 Å². The fraction of sp³-hybridized carbons (Fsp3) is 0.750. The molecule has 0 aromatic rings. The van der Waals surface area contributed by atoms with E-state index in [1.807, 2.05) is 0 Å². The maximum Gasteiger partial charge on any atom is 0.322 e. The number of rotatable bonds is 28. The summed E-state index contributed by atoms with van der Waals surface area (Å²) in [7, 11) is 0. The fourth-order valence-electron chi connectivity index (χ4n) is 21.7. The maximum atomic E-state index is 15.5. The standard InChI is InChI=1S/C84H114F7N21O22/c85-43-22-50(92-29-43)78(128)100-15-1-8-51(100)71(121)93-30-64(113)107-37-44(86)23-58(107)79(129)101-16-2-9-52(101)72(122)94-31-65(114)108-38-45(87)24-59(108)80(130)102-17-3-10-53(102)73(123)95-32-66(115)109-39-46(88)25-60(109)81(131)103-18-4-11-54(103)74(124)96-33-67(116)110-40-47(89)26-61(110)82(132)104-19-5-12-55(104)75(125)97-34-68(117)111-41-48(90)27-62(111)83(133)105-20-6-13-56(105)76(126)98-35-69(118)112-42-49(91)28-63(112)84(134)106-21-7-14-57(106)77(127)99-36-70(119)120/h43-63,92H,1-42H2,(H,93,121)(H,94,122)(H,95,123)(H,96,124)(H,97,125)(H,98,126)(H,99,127)(H,119,120)/t43-,44-,45-,46-,47-,48-,49-,50+,51+,52+,53+,54+,55+,56+,57+,58+,59+,60+,61+,62+,63+/m1/s1. The quantitative estimate of drug-likeness (QED) is 0.0329. The summed E-state index contributed by atoms with van der Waals surface area (Å²) < 4.78 is 106. The van der Waals surface area contributed by atoms with Crippen molar-refractivity contribution >= 4 is 124 Å². The predicted octanol–water partition coefficient (Wildman–Crippen LogP) is -6.84. The second kappa shape index (κ2) is 42.5. The first-order valence-electron chi connectivity index (χ1n) is 46.2. The van der Waals surface area contributed by atoms with Gasteiger partial charge in [0.25, 0.3) is 0 Å². The van der Waals surface area contributed by atoms with Gasteiger partial charge in [-0.05, 0) is 89.9 Å². The second-order valence-corrected chi connectivity index (χ2v) is 36.9. The number of nitrogens with one attached hydrogen (secondary N) is 8. The highest BCUT2D eigenvalue weighted by atomic mass is 19.2. The SMILES string of the molecule is O=C(O)CNC(=O)[C@@H]1CCCN1C(=O)[C@@H]1C[C@@H](F)CN1C(=O)CNC(=O)[C@@H]1CCCN1C(=O)[C@@H]1C[C@@H](F)CN1C(=O)CNC(=O)[C@@H]1CCCN1C(=O)[C@@H]1C[C@@H](F)CN1C(=O)CNC(=O)[C@@H]1CCCN1C(=O)[C@@H]1C[C@@H](F)CN1C(=O)CNC(=O)[C@@H]1CCCN1C(=O)[C@@H]1C[C@@H](F)CN1C(=O)CNC(=O)[C@@H]1CCCN1C(=O)[C@@H]1C[C@@H](F)CN1C(=O)CNC(=O)[C@@H]1CCCN1C(=O)[C@@H]1C[C@@H](F)CN1. The van der Waals surface area contributed by atoms with Gasteiger partial charge < -0.3 is 111 Å². The molecule has 134 heavy (non-hydrogen) atoms. The fourth-order valence-corrected chi connectivity index (χ4v) is 21.7. The van der Waals surface area contributed by atoms with E-state index in [1.54, 1.807) is 0 Å². The number of carboxylic acid groups (broad SMARTS) is 1. The lowest BCUT2D eigenvalue weighted by atomic mass is 10.1. The number of hydrogen-bond donors (Lipinski definition) is 9. The summed E-state index contributed by atoms with van der Waals surface area (Å²) in [6, 6.07) is -17.7. The lowest BCUT2D eigenvalue weighted by molar-refractivity contribution is -0.148. The van der Waals surface area contributed by atoms with Crippen LogP contribution in [0.1, 0.15) is 135 Å². The number of halogens is 7. The average molecular weight is 1900 g/mol. The predicted molar refractivity (Wildman–Crippen MR) is 443 cm³/mol. The number of likely N-dealkylation sites (tertiary alicyclic amines) is 13. The summed E-state index contributed by atoms with van der Waals surface area (Å²) in [6.07, 6.45) is -11.4. The molecule has 20 amide bonds. The van der Waals surface area contributed by atoms with Crippen LogP contribution >= 0.6 is 0 Å². The monoisotopic (exact) mass is 1900 g/mol. The molecule has 736 valence electrons. The molecule has 0 bridgehead atoms. The molecule has 0 radical (unpaired) electrons. The zero-order valence-corrected chi connectivity index (χ0v) is 73.8. The Morgan fingerprint density at radius 1 is 0.224 bits per heavy atom. The molecular formula is C84H114F7N21O22. The molecule has 14 heterocycles. The minimum absolute atomic E-state index is 0.00663. The summed E-state index contributed by atoms with van der Waals surface area (Å²) in [5.74, 6) is -17.6. The molecule has 14 aliphatic heterocycles. The Balaban J connectivity index is 0.507. The largest absolute Gasteiger partial charge is 0.480 e. The van der Waals surface area contributed by atoms with Crippen molar-refractivity contribution < 1.29 is 137 Å². The highest BCUT2D eigenvalue weighted by molar-refractivity contribution is 6.02. The van der Waals surface area contributed by atoms with Crippen LogP contribution in [0.3, 0.4) is 0 Å². The molecule has 9 N–H and O–H groups in total. The Hall–Kier alpha value is -11.7. The molecule has 14 aliphatic rings. The van der Waals surface area contributed by atoms with Crippen LogP contribution in [0, 0.1) is 0 Å². The van der Waals surface area contributed by atoms with E-state index in [4.69, 9.17) is 5.11 Å². The van der Waals surface area contributed by atoms with E-state index in [2.05, 4.69) is 42.5 Å². The smallest absolute Gasteiger partial charge is 0.322 e. The van der Waals surface area contributed by atoms with Gasteiger partial charge in [-0.25, -0.2) is 30.7 Å². The molecular weight excluding hydrogens is 1790 g/mol. The summed E-state index contributed by atoms with van der Waals surface area (Å²) >= 11 is 0. The van der Waals surface area contributed by atoms with E-state index in [1.165, 1.54) is 4.90 Å². The summed E-state index contributed by atoms with van der Waals surface area (Å²) in [4.78, 5) is 302.